The molecule has 2 aromatic carbocycles. The third kappa shape index (κ3) is 2.57. The Kier molecular flexibility index (Phi) is 3.85. The van der Waals surface area contributed by atoms with E-state index in [0.717, 1.165) is 4.71 Å². The van der Waals surface area contributed by atoms with Crippen molar-refractivity contribution in [2.45, 2.75) is 18.6 Å². The van der Waals surface area contributed by atoms with Gasteiger partial charge in [-0.3, -0.25) is 0 Å². The van der Waals surface area contributed by atoms with E-state index in [-0.39, 0.29) is 0 Å². The summed E-state index contributed by atoms with van der Waals surface area (Å²) in [5.74, 6) is 0. The Morgan fingerprint density at radius 3 is 1.38 bits per heavy atom. The molecule has 0 aliphatic carbocycles. The molecule has 0 N–H and O–H groups in total. The molecule has 0 bridgehead atoms. The van der Waals surface area contributed by atoms with Crippen molar-refractivity contribution < 1.29 is 0 Å². The van der Waals surface area contributed by atoms with E-state index in [0.29, 0.717) is 0 Å². The summed E-state index contributed by atoms with van der Waals surface area (Å²) in [6, 6.07) is 22.0. The average molecular weight is 272 g/mol. The second-order valence-electron chi connectivity index (χ2n) is 4.13. The molecule has 0 heterocycles. The molecule has 0 atom stereocenters. The first-order chi connectivity index (χ1) is 7.79. The van der Waals surface area contributed by atoms with Crippen molar-refractivity contribution in [2.24, 2.45) is 0 Å². The minimum atomic E-state index is -1.10. The van der Waals surface area contributed by atoms with Gasteiger partial charge in [0.1, 0.15) is 0 Å². The zero-order valence-electron chi connectivity index (χ0n) is 9.80. The molecular weight excluding hydrogens is 255 g/mol. The quantitative estimate of drug-likeness (QED) is 0.754. The fourth-order valence-corrected chi connectivity index (χ4v) is 7.12. The Hall–Kier alpha value is -1.00. The summed E-state index contributed by atoms with van der Waals surface area (Å²) < 4.78 is 3.87. The van der Waals surface area contributed by atoms with Crippen LogP contribution >= 0.6 is 0 Å². The van der Waals surface area contributed by atoms with Crippen molar-refractivity contribution >= 4 is 23.4 Å². The van der Waals surface area contributed by atoms with Gasteiger partial charge in [0.15, 0.2) is 0 Å². The van der Waals surface area contributed by atoms with Crippen molar-refractivity contribution in [3.63, 3.8) is 0 Å². The molecule has 0 saturated carbocycles. The molecule has 0 amide bonds. The molecule has 2 rings (SSSR count). The molecule has 0 aliphatic rings. The van der Waals surface area contributed by atoms with E-state index in [1.807, 2.05) is 0 Å². The maximum atomic E-state index is 2.35. The molecule has 0 saturated heterocycles. The number of benzene rings is 2. The Bertz CT molecular complexity index is 380. The zero-order valence-corrected chi connectivity index (χ0v) is 11.7. The summed E-state index contributed by atoms with van der Waals surface area (Å²) in [5, 5.41) is 0. The standard InChI is InChI=1S/C15H17As/c1-13(2)16(14-9-5-3-6-10-14)15-11-7-4-8-12-15/h3-13H,1-2H3. The molecular formula is C15H17As. The number of hydrogen-bond donors (Lipinski definition) is 0. The maximum absolute atomic E-state index is 2.35. The van der Waals surface area contributed by atoms with Crippen molar-refractivity contribution in [3.8, 4) is 0 Å². The van der Waals surface area contributed by atoms with Crippen molar-refractivity contribution in [1.29, 1.82) is 0 Å². The summed E-state index contributed by atoms with van der Waals surface area (Å²) in [5.41, 5.74) is 0. The van der Waals surface area contributed by atoms with Gasteiger partial charge in [-0.25, -0.2) is 0 Å². The van der Waals surface area contributed by atoms with Crippen LogP contribution in [0.15, 0.2) is 60.7 Å². The van der Waals surface area contributed by atoms with Crippen molar-refractivity contribution in [3.05, 3.63) is 60.7 Å². The van der Waals surface area contributed by atoms with E-state index in [1.54, 1.807) is 8.70 Å². The molecule has 2 aromatic rings. The monoisotopic (exact) mass is 272 g/mol. The van der Waals surface area contributed by atoms with Crippen LogP contribution in [0.3, 0.4) is 0 Å². The first-order valence-electron chi connectivity index (χ1n) is 5.68. The summed E-state index contributed by atoms with van der Waals surface area (Å²) in [7, 11) is 0. The molecule has 0 aromatic heterocycles. The second kappa shape index (κ2) is 5.36. The van der Waals surface area contributed by atoms with E-state index in [4.69, 9.17) is 0 Å². The Balaban J connectivity index is 2.40. The van der Waals surface area contributed by atoms with E-state index in [9.17, 15) is 0 Å². The Morgan fingerprint density at radius 2 is 1.06 bits per heavy atom. The van der Waals surface area contributed by atoms with E-state index < -0.39 is 14.7 Å². The molecule has 0 radical (unpaired) electrons. The van der Waals surface area contributed by atoms with Crippen LogP contribution in [0.1, 0.15) is 13.8 Å². The molecule has 82 valence electrons. The van der Waals surface area contributed by atoms with Crippen LogP contribution in [0.5, 0.6) is 0 Å². The summed E-state index contributed by atoms with van der Waals surface area (Å²) in [4.78, 5) is 0. The minimum absolute atomic E-state index is 0.761. The van der Waals surface area contributed by atoms with Gasteiger partial charge < -0.3 is 0 Å². The molecule has 0 spiro atoms. The van der Waals surface area contributed by atoms with Gasteiger partial charge in [0.25, 0.3) is 0 Å². The molecule has 0 unspecified atom stereocenters. The van der Waals surface area contributed by atoms with Gasteiger partial charge in [-0.15, -0.1) is 0 Å². The predicted molar refractivity (Wildman–Crippen MR) is 73.0 cm³/mol. The number of rotatable bonds is 3. The third-order valence-corrected chi connectivity index (χ3v) is 8.34. The Labute approximate surface area is 103 Å². The molecule has 0 fully saturated rings. The fraction of sp³-hybridized carbons (Fsp3) is 0.200. The van der Waals surface area contributed by atoms with E-state index >= 15 is 0 Å². The van der Waals surface area contributed by atoms with Gasteiger partial charge in [-0.1, -0.05) is 0 Å². The van der Waals surface area contributed by atoms with Crippen LogP contribution in [0, 0.1) is 0 Å². The predicted octanol–water partition coefficient (Wildman–Crippen LogP) is 2.71. The van der Waals surface area contributed by atoms with E-state index in [2.05, 4.69) is 74.5 Å². The van der Waals surface area contributed by atoms with Crippen molar-refractivity contribution in [1.82, 2.24) is 0 Å². The van der Waals surface area contributed by atoms with Gasteiger partial charge >= 0.3 is 103 Å². The van der Waals surface area contributed by atoms with Crippen LogP contribution in [0.2, 0.25) is 4.71 Å². The molecule has 0 nitrogen and oxygen atoms in total. The van der Waals surface area contributed by atoms with Crippen LogP contribution < -0.4 is 8.70 Å². The van der Waals surface area contributed by atoms with Crippen LogP contribution in [0.25, 0.3) is 0 Å². The molecule has 0 aliphatic heterocycles. The van der Waals surface area contributed by atoms with Gasteiger partial charge in [-0.05, 0) is 0 Å². The molecule has 1 heteroatoms. The zero-order chi connectivity index (χ0) is 11.4. The molecule has 16 heavy (non-hydrogen) atoms. The van der Waals surface area contributed by atoms with Gasteiger partial charge in [0, 0.05) is 0 Å². The second-order valence-corrected chi connectivity index (χ2v) is 10.0. The summed E-state index contributed by atoms with van der Waals surface area (Å²) in [6.07, 6.45) is 0. The van der Waals surface area contributed by atoms with Gasteiger partial charge in [-0.2, -0.15) is 0 Å². The first kappa shape index (κ1) is 11.5. The topological polar surface area (TPSA) is 0 Å². The summed E-state index contributed by atoms with van der Waals surface area (Å²) >= 11 is -1.10. The number of hydrogen-bond acceptors (Lipinski definition) is 0. The van der Waals surface area contributed by atoms with Crippen molar-refractivity contribution in [2.75, 3.05) is 0 Å². The van der Waals surface area contributed by atoms with Gasteiger partial charge in [0.2, 0.25) is 0 Å². The first-order valence-corrected chi connectivity index (χ1v) is 8.64. The normalized spacial score (nSPS) is 11.0. The van der Waals surface area contributed by atoms with E-state index in [1.165, 1.54) is 0 Å². The summed E-state index contributed by atoms with van der Waals surface area (Å²) in [6.45, 7) is 4.69. The van der Waals surface area contributed by atoms with Crippen LogP contribution in [0.4, 0.5) is 0 Å². The fourth-order valence-electron chi connectivity index (χ4n) is 1.92. The third-order valence-electron chi connectivity index (χ3n) is 2.59. The Morgan fingerprint density at radius 1 is 0.688 bits per heavy atom. The SMILES string of the molecule is CC(C)[As](c1ccccc1)c1ccccc1. The van der Waals surface area contributed by atoms with Crippen LogP contribution in [-0.2, 0) is 0 Å². The van der Waals surface area contributed by atoms with Crippen LogP contribution in [-0.4, -0.2) is 14.7 Å². The van der Waals surface area contributed by atoms with Gasteiger partial charge in [0.05, 0.1) is 0 Å². The average Bonchev–Trinajstić information content (AvgIpc) is 2.31.